The number of nitrogens with one attached hydrogen (secondary N) is 2. The Morgan fingerprint density at radius 1 is 1.09 bits per heavy atom. The number of amides is 6. The Morgan fingerprint density at radius 3 is 2.48 bits per heavy atom. The van der Waals surface area contributed by atoms with Crippen LogP contribution in [0.25, 0.3) is 6.08 Å². The molecule has 1 spiro atoms. The molecule has 0 radical (unpaired) electrons. The number of nitrogens with zero attached hydrogens (tertiary/aromatic N) is 2. The smallest absolute Gasteiger partial charge is 0.325 e. The maximum absolute atomic E-state index is 13.0. The number of hydrogen-bond donors (Lipinski definition) is 2. The average Bonchev–Trinajstić information content (AvgIpc) is 3.17. The van der Waals surface area contributed by atoms with Crippen molar-refractivity contribution in [2.75, 3.05) is 19.6 Å². The van der Waals surface area contributed by atoms with Crippen molar-refractivity contribution in [2.45, 2.75) is 37.6 Å². The molecule has 4 rings (SSSR count). The number of benzene rings is 1. The number of carbonyl (C=O) groups excluding carboxylic acids is 5. The summed E-state index contributed by atoms with van der Waals surface area (Å²) in [6.45, 7) is -0.491. The number of halogens is 1. The van der Waals surface area contributed by atoms with Crippen molar-refractivity contribution in [3.63, 3.8) is 0 Å². The Morgan fingerprint density at radius 2 is 1.79 bits per heavy atom. The highest BCUT2D eigenvalue weighted by Gasteiger charge is 2.51. The van der Waals surface area contributed by atoms with Gasteiger partial charge in [-0.15, -0.1) is 0 Å². The Kier molecular flexibility index (Phi) is 6.50. The van der Waals surface area contributed by atoms with Crippen molar-refractivity contribution in [3.8, 4) is 0 Å². The molecule has 1 saturated carbocycles. The summed E-state index contributed by atoms with van der Waals surface area (Å²) in [6, 6.07) is 4.93. The molecule has 1 aromatic carbocycles. The van der Waals surface area contributed by atoms with E-state index in [4.69, 9.17) is 0 Å². The van der Waals surface area contributed by atoms with Crippen LogP contribution in [0, 0.1) is 5.82 Å². The van der Waals surface area contributed by atoms with Crippen LogP contribution in [0.2, 0.25) is 0 Å². The van der Waals surface area contributed by atoms with Gasteiger partial charge in [0.05, 0.1) is 4.91 Å². The van der Waals surface area contributed by atoms with Crippen LogP contribution in [-0.2, 0) is 14.4 Å². The van der Waals surface area contributed by atoms with Gasteiger partial charge in [-0.05, 0) is 48.4 Å². The maximum atomic E-state index is 13.0. The third-order valence-electron chi connectivity index (χ3n) is 5.95. The number of urea groups is 1. The molecule has 11 heteroatoms. The molecule has 1 aliphatic carbocycles. The quantitative estimate of drug-likeness (QED) is 0.483. The highest BCUT2D eigenvalue weighted by molar-refractivity contribution is 8.18. The zero-order valence-corrected chi connectivity index (χ0v) is 18.6. The third kappa shape index (κ3) is 4.77. The molecule has 0 bridgehead atoms. The van der Waals surface area contributed by atoms with E-state index in [-0.39, 0.29) is 23.9 Å². The third-order valence-corrected chi connectivity index (χ3v) is 6.86. The van der Waals surface area contributed by atoms with E-state index in [1.165, 1.54) is 30.3 Å². The lowest BCUT2D eigenvalue weighted by Crippen LogP contribution is -2.49. The summed E-state index contributed by atoms with van der Waals surface area (Å²) >= 11 is 0.765. The molecule has 3 aliphatic rings. The van der Waals surface area contributed by atoms with E-state index in [0.717, 1.165) is 40.8 Å². The molecule has 2 N–H and O–H groups in total. The molecule has 0 aromatic heterocycles. The fourth-order valence-corrected chi connectivity index (χ4v) is 5.09. The standard InChI is InChI=1S/C22H23FN4O5S/c23-15-6-4-14(5-7-15)12-16-18(29)26(21(32)33-16)11-10-24-17(28)13-27-19(30)22(25-20(27)31)8-2-1-3-9-22/h4-7,12H,1-3,8-11,13H2,(H,24,28)(H,25,31)/b16-12+. The van der Waals surface area contributed by atoms with Crippen LogP contribution < -0.4 is 10.6 Å². The van der Waals surface area contributed by atoms with E-state index in [0.29, 0.717) is 18.4 Å². The lowest BCUT2D eigenvalue weighted by molar-refractivity contribution is -0.135. The van der Waals surface area contributed by atoms with Gasteiger partial charge in [-0.25, -0.2) is 9.18 Å². The van der Waals surface area contributed by atoms with E-state index >= 15 is 0 Å². The minimum absolute atomic E-state index is 0.0184. The van der Waals surface area contributed by atoms with Gasteiger partial charge in [-0.1, -0.05) is 31.4 Å². The zero-order chi connectivity index (χ0) is 23.6. The van der Waals surface area contributed by atoms with Gasteiger partial charge in [0.25, 0.3) is 17.1 Å². The number of thioether (sulfide) groups is 1. The van der Waals surface area contributed by atoms with Crippen LogP contribution >= 0.6 is 11.8 Å². The second-order valence-corrected chi connectivity index (χ2v) is 9.19. The highest BCUT2D eigenvalue weighted by atomic mass is 32.2. The Hall–Kier alpha value is -3.21. The van der Waals surface area contributed by atoms with Crippen molar-refractivity contribution in [3.05, 3.63) is 40.6 Å². The summed E-state index contributed by atoms with van der Waals surface area (Å²) in [6.07, 6.45) is 5.35. The van der Waals surface area contributed by atoms with Gasteiger partial charge >= 0.3 is 6.03 Å². The van der Waals surface area contributed by atoms with Crippen LogP contribution in [0.1, 0.15) is 37.7 Å². The Balaban J connectivity index is 1.28. The Labute approximate surface area is 193 Å². The molecule has 9 nitrogen and oxygen atoms in total. The predicted molar refractivity (Wildman–Crippen MR) is 118 cm³/mol. The van der Waals surface area contributed by atoms with Gasteiger partial charge in [0.2, 0.25) is 5.91 Å². The minimum Gasteiger partial charge on any atom is -0.353 e. The van der Waals surface area contributed by atoms with Gasteiger partial charge in [-0.3, -0.25) is 29.0 Å². The van der Waals surface area contributed by atoms with Crippen LogP contribution in [0.15, 0.2) is 29.2 Å². The van der Waals surface area contributed by atoms with Crippen molar-refractivity contribution >= 4 is 46.8 Å². The fraction of sp³-hybridized carbons (Fsp3) is 0.409. The number of rotatable bonds is 6. The van der Waals surface area contributed by atoms with E-state index < -0.39 is 41.0 Å². The molecule has 3 fully saturated rings. The monoisotopic (exact) mass is 474 g/mol. The van der Waals surface area contributed by atoms with Crippen molar-refractivity contribution in [1.82, 2.24) is 20.4 Å². The molecule has 2 aliphatic heterocycles. The van der Waals surface area contributed by atoms with Crippen LogP contribution in [0.4, 0.5) is 14.0 Å². The molecule has 2 heterocycles. The van der Waals surface area contributed by atoms with E-state index in [9.17, 15) is 28.4 Å². The fourth-order valence-electron chi connectivity index (χ4n) is 4.22. The lowest BCUT2D eigenvalue weighted by Gasteiger charge is -2.30. The van der Waals surface area contributed by atoms with E-state index in [2.05, 4.69) is 10.6 Å². The Bertz CT molecular complexity index is 1040. The molecular formula is C22H23FN4O5S. The van der Waals surface area contributed by atoms with Gasteiger partial charge in [0.15, 0.2) is 0 Å². The van der Waals surface area contributed by atoms with Crippen LogP contribution in [-0.4, -0.2) is 64.0 Å². The normalized spacial score (nSPS) is 21.3. The summed E-state index contributed by atoms with van der Waals surface area (Å²) < 4.78 is 13.0. The van der Waals surface area contributed by atoms with Crippen molar-refractivity contribution < 1.29 is 28.4 Å². The highest BCUT2D eigenvalue weighted by Crippen LogP contribution is 2.34. The second-order valence-electron chi connectivity index (χ2n) is 8.20. The number of carbonyl (C=O) groups is 5. The first kappa shape index (κ1) is 23.0. The number of hydrogen-bond acceptors (Lipinski definition) is 6. The predicted octanol–water partition coefficient (Wildman–Crippen LogP) is 2.23. The maximum Gasteiger partial charge on any atom is 0.325 e. The SMILES string of the molecule is O=C(CN1C(=O)NC2(CCCCC2)C1=O)NCCN1C(=O)S/C(=C/c2ccc(F)cc2)C1=O. The van der Waals surface area contributed by atoms with Gasteiger partial charge < -0.3 is 10.6 Å². The minimum atomic E-state index is -0.894. The van der Waals surface area contributed by atoms with Crippen LogP contribution in [0.5, 0.6) is 0 Å². The summed E-state index contributed by atoms with van der Waals surface area (Å²) in [4.78, 5) is 64.2. The summed E-state index contributed by atoms with van der Waals surface area (Å²) in [5, 5.41) is 4.82. The zero-order valence-electron chi connectivity index (χ0n) is 17.8. The molecule has 0 atom stereocenters. The first-order valence-corrected chi connectivity index (χ1v) is 11.5. The molecule has 0 unspecified atom stereocenters. The first-order chi connectivity index (χ1) is 15.8. The topological polar surface area (TPSA) is 116 Å². The second kappa shape index (κ2) is 9.34. The summed E-state index contributed by atoms with van der Waals surface area (Å²) in [5.41, 5.74) is -0.311. The molecule has 2 saturated heterocycles. The van der Waals surface area contributed by atoms with Crippen LogP contribution in [0.3, 0.4) is 0 Å². The van der Waals surface area contributed by atoms with Gasteiger partial charge in [-0.2, -0.15) is 0 Å². The largest absolute Gasteiger partial charge is 0.353 e. The molecule has 1 aromatic rings. The summed E-state index contributed by atoms with van der Waals surface area (Å²) in [5.74, 6) is -1.84. The molecular weight excluding hydrogens is 451 g/mol. The summed E-state index contributed by atoms with van der Waals surface area (Å²) in [7, 11) is 0. The lowest BCUT2D eigenvalue weighted by atomic mass is 9.82. The van der Waals surface area contributed by atoms with E-state index in [1.807, 2.05) is 0 Å². The van der Waals surface area contributed by atoms with Gasteiger partial charge in [0.1, 0.15) is 17.9 Å². The van der Waals surface area contributed by atoms with Gasteiger partial charge in [0, 0.05) is 13.1 Å². The molecule has 174 valence electrons. The van der Waals surface area contributed by atoms with Crippen molar-refractivity contribution in [1.29, 1.82) is 0 Å². The number of imide groups is 2. The van der Waals surface area contributed by atoms with E-state index in [1.54, 1.807) is 0 Å². The average molecular weight is 475 g/mol. The molecule has 33 heavy (non-hydrogen) atoms. The molecule has 6 amide bonds. The van der Waals surface area contributed by atoms with Crippen molar-refractivity contribution in [2.24, 2.45) is 0 Å². The first-order valence-electron chi connectivity index (χ1n) is 10.7.